The van der Waals surface area contributed by atoms with Gasteiger partial charge in [-0.1, -0.05) is 31.2 Å². The van der Waals surface area contributed by atoms with E-state index in [9.17, 15) is 9.59 Å². The van der Waals surface area contributed by atoms with E-state index in [1.54, 1.807) is 18.7 Å². The van der Waals surface area contributed by atoms with Crippen LogP contribution in [0.4, 0.5) is 5.69 Å². The van der Waals surface area contributed by atoms with Crippen LogP contribution in [0.25, 0.3) is 0 Å². The lowest BCUT2D eigenvalue weighted by molar-refractivity contribution is -0.135. The number of nitrogens with one attached hydrogen (secondary N) is 1. The minimum absolute atomic E-state index is 0.0776. The highest BCUT2D eigenvalue weighted by molar-refractivity contribution is 6.01. The molecule has 1 aliphatic rings. The van der Waals surface area contributed by atoms with E-state index < -0.39 is 6.04 Å². The number of allylic oxidation sites excluding steroid dienone is 1. The number of rotatable bonds is 2. The summed E-state index contributed by atoms with van der Waals surface area (Å²) in [5.41, 5.74) is 2.44. The third-order valence-electron chi connectivity index (χ3n) is 3.57. The molecular weight excluding hydrogens is 252 g/mol. The Morgan fingerprint density at radius 2 is 2.15 bits per heavy atom. The maximum atomic E-state index is 12.5. The Hall–Kier alpha value is -2.10. The van der Waals surface area contributed by atoms with Crippen molar-refractivity contribution in [3.05, 3.63) is 41.5 Å². The second-order valence-corrected chi connectivity index (χ2v) is 5.05. The molecular formula is C16H20N2O2. The third kappa shape index (κ3) is 2.74. The van der Waals surface area contributed by atoms with Crippen molar-refractivity contribution in [2.45, 2.75) is 39.8 Å². The minimum atomic E-state index is -0.477. The maximum Gasteiger partial charge on any atom is 0.250 e. The Bertz CT molecular complexity index is 563. The molecule has 0 saturated carbocycles. The van der Waals surface area contributed by atoms with Gasteiger partial charge in [0.25, 0.3) is 0 Å². The molecule has 0 fully saturated rings. The normalized spacial score (nSPS) is 19.1. The molecule has 1 aliphatic heterocycles. The number of carbonyl (C=O) groups excluding carboxylic acids is 2. The van der Waals surface area contributed by atoms with Crippen molar-refractivity contribution in [1.29, 1.82) is 0 Å². The summed E-state index contributed by atoms with van der Waals surface area (Å²) in [7, 11) is 0. The molecule has 0 radical (unpaired) electrons. The van der Waals surface area contributed by atoms with Gasteiger partial charge in [0, 0.05) is 17.8 Å². The van der Waals surface area contributed by atoms with Gasteiger partial charge < -0.3 is 10.2 Å². The van der Waals surface area contributed by atoms with E-state index in [-0.39, 0.29) is 11.8 Å². The molecule has 4 nitrogen and oxygen atoms in total. The van der Waals surface area contributed by atoms with Gasteiger partial charge >= 0.3 is 0 Å². The summed E-state index contributed by atoms with van der Waals surface area (Å²) in [4.78, 5) is 26.3. The monoisotopic (exact) mass is 272 g/mol. The Morgan fingerprint density at radius 1 is 1.45 bits per heavy atom. The highest BCUT2D eigenvalue weighted by atomic mass is 16.2. The molecule has 1 aromatic rings. The Balaban J connectivity index is 2.36. The lowest BCUT2D eigenvalue weighted by Gasteiger charge is -2.26. The summed E-state index contributed by atoms with van der Waals surface area (Å²) in [6.07, 6.45) is 2.70. The largest absolute Gasteiger partial charge is 0.324 e. The summed E-state index contributed by atoms with van der Waals surface area (Å²) in [6.45, 7) is 6.00. The van der Waals surface area contributed by atoms with Crippen molar-refractivity contribution >= 4 is 17.5 Å². The highest BCUT2D eigenvalue weighted by Crippen LogP contribution is 2.24. The summed E-state index contributed by atoms with van der Waals surface area (Å²) < 4.78 is 0. The number of benzene rings is 1. The molecule has 2 rings (SSSR count). The first-order valence-electron chi connectivity index (χ1n) is 6.91. The number of hydrogen-bond acceptors (Lipinski definition) is 2. The number of fused-ring (bicyclic) bond motifs is 1. The van der Waals surface area contributed by atoms with Gasteiger partial charge in [-0.05, 0) is 31.9 Å². The van der Waals surface area contributed by atoms with Crippen LogP contribution in [0.1, 0.15) is 32.8 Å². The summed E-state index contributed by atoms with van der Waals surface area (Å²) in [5.74, 6) is -0.223. The van der Waals surface area contributed by atoms with E-state index in [4.69, 9.17) is 0 Å². The van der Waals surface area contributed by atoms with E-state index >= 15 is 0 Å². The van der Waals surface area contributed by atoms with Crippen LogP contribution in [0, 0.1) is 0 Å². The van der Waals surface area contributed by atoms with E-state index in [1.165, 1.54) is 0 Å². The number of amides is 2. The molecule has 20 heavy (non-hydrogen) atoms. The number of hydrogen-bond donors (Lipinski definition) is 1. The Labute approximate surface area is 119 Å². The first-order valence-corrected chi connectivity index (χ1v) is 6.91. The molecule has 0 bridgehead atoms. The van der Waals surface area contributed by atoms with E-state index in [2.05, 4.69) is 5.32 Å². The molecule has 0 saturated heterocycles. The fourth-order valence-electron chi connectivity index (χ4n) is 2.35. The second-order valence-electron chi connectivity index (χ2n) is 5.05. The lowest BCUT2D eigenvalue weighted by Crippen LogP contribution is -2.43. The Morgan fingerprint density at radius 3 is 2.85 bits per heavy atom. The zero-order valence-electron chi connectivity index (χ0n) is 12.1. The van der Waals surface area contributed by atoms with Gasteiger partial charge in [-0.3, -0.25) is 9.59 Å². The standard InChI is InChI=1S/C16H20N2O2/c1-4-7-11(2)16(20)18-10-13-8-5-6-9-14(13)17-15(19)12(18)3/h5-9,12H,4,10H2,1-3H3,(H,17,19). The first kappa shape index (κ1) is 14.3. The van der Waals surface area contributed by atoms with Crippen LogP contribution in [0.5, 0.6) is 0 Å². The van der Waals surface area contributed by atoms with E-state index in [0.717, 1.165) is 17.7 Å². The van der Waals surface area contributed by atoms with Gasteiger partial charge in [-0.2, -0.15) is 0 Å². The van der Waals surface area contributed by atoms with Crippen LogP contribution in [0.3, 0.4) is 0 Å². The molecule has 1 unspecified atom stereocenters. The van der Waals surface area contributed by atoms with Crippen LogP contribution < -0.4 is 5.32 Å². The van der Waals surface area contributed by atoms with Gasteiger partial charge in [0.2, 0.25) is 11.8 Å². The molecule has 1 aromatic carbocycles. The smallest absolute Gasteiger partial charge is 0.250 e. The van der Waals surface area contributed by atoms with Crippen molar-refractivity contribution in [3.63, 3.8) is 0 Å². The van der Waals surface area contributed by atoms with Crippen LogP contribution in [0.2, 0.25) is 0 Å². The van der Waals surface area contributed by atoms with Gasteiger partial charge in [-0.25, -0.2) is 0 Å². The lowest BCUT2D eigenvalue weighted by atomic mass is 10.1. The molecule has 0 spiro atoms. The van der Waals surface area contributed by atoms with Crippen LogP contribution in [-0.4, -0.2) is 22.8 Å². The highest BCUT2D eigenvalue weighted by Gasteiger charge is 2.30. The van der Waals surface area contributed by atoms with Crippen molar-refractivity contribution in [2.24, 2.45) is 0 Å². The SMILES string of the molecule is CCC=C(C)C(=O)N1Cc2ccccc2NC(=O)C1C. The molecule has 0 aromatic heterocycles. The molecule has 1 atom stereocenters. The predicted octanol–water partition coefficient (Wildman–Crippen LogP) is 2.71. The van der Waals surface area contributed by atoms with Crippen molar-refractivity contribution < 1.29 is 9.59 Å². The number of para-hydroxylation sites is 1. The maximum absolute atomic E-state index is 12.5. The van der Waals surface area contributed by atoms with Gasteiger partial charge in [-0.15, -0.1) is 0 Å². The minimum Gasteiger partial charge on any atom is -0.324 e. The second kappa shape index (κ2) is 5.90. The van der Waals surface area contributed by atoms with E-state index in [0.29, 0.717) is 12.1 Å². The fraction of sp³-hybridized carbons (Fsp3) is 0.375. The molecule has 2 amide bonds. The van der Waals surface area contributed by atoms with Crippen LogP contribution in [-0.2, 0) is 16.1 Å². The molecule has 4 heteroatoms. The number of carbonyl (C=O) groups is 2. The predicted molar refractivity (Wildman–Crippen MR) is 79.1 cm³/mol. The average Bonchev–Trinajstić information content (AvgIpc) is 2.56. The van der Waals surface area contributed by atoms with Crippen LogP contribution >= 0.6 is 0 Å². The van der Waals surface area contributed by atoms with Crippen molar-refractivity contribution in [2.75, 3.05) is 5.32 Å². The zero-order valence-corrected chi connectivity index (χ0v) is 12.1. The van der Waals surface area contributed by atoms with E-state index in [1.807, 2.05) is 37.3 Å². The Kier molecular flexibility index (Phi) is 4.23. The average molecular weight is 272 g/mol. The quantitative estimate of drug-likeness (QED) is 0.842. The molecule has 0 aliphatic carbocycles. The van der Waals surface area contributed by atoms with Crippen LogP contribution in [0.15, 0.2) is 35.9 Å². The van der Waals surface area contributed by atoms with Gasteiger partial charge in [0.1, 0.15) is 6.04 Å². The molecule has 1 N–H and O–H groups in total. The third-order valence-corrected chi connectivity index (χ3v) is 3.57. The molecule has 1 heterocycles. The first-order chi connectivity index (χ1) is 9.54. The summed E-state index contributed by atoms with van der Waals surface area (Å²) in [5, 5.41) is 2.88. The fourth-order valence-corrected chi connectivity index (χ4v) is 2.35. The zero-order chi connectivity index (χ0) is 14.7. The van der Waals surface area contributed by atoms with Crippen molar-refractivity contribution in [3.8, 4) is 0 Å². The van der Waals surface area contributed by atoms with Gasteiger partial charge in [0.15, 0.2) is 0 Å². The van der Waals surface area contributed by atoms with Gasteiger partial charge in [0.05, 0.1) is 0 Å². The number of nitrogens with zero attached hydrogens (tertiary/aromatic N) is 1. The summed E-state index contributed by atoms with van der Waals surface area (Å²) in [6, 6.07) is 7.12. The topological polar surface area (TPSA) is 49.4 Å². The molecule has 106 valence electrons. The van der Waals surface area contributed by atoms with Crippen molar-refractivity contribution in [1.82, 2.24) is 4.90 Å². The summed E-state index contributed by atoms with van der Waals surface area (Å²) >= 11 is 0. The number of anilines is 1.